The molecule has 0 radical (unpaired) electrons. The number of hydrogen-bond acceptors (Lipinski definition) is 5. The van der Waals surface area contributed by atoms with Crippen LogP contribution in [0.25, 0.3) is 11.1 Å². The van der Waals surface area contributed by atoms with Gasteiger partial charge in [0.1, 0.15) is 5.52 Å². The number of para-hydroxylation sites is 2. The van der Waals surface area contributed by atoms with E-state index in [0.717, 1.165) is 36.0 Å². The van der Waals surface area contributed by atoms with Crippen LogP contribution in [0.3, 0.4) is 0 Å². The highest BCUT2D eigenvalue weighted by molar-refractivity contribution is 7.89. The normalized spacial score (nSPS) is 17.9. The molecule has 1 fully saturated rings. The first-order valence-corrected chi connectivity index (χ1v) is 10.2. The van der Waals surface area contributed by atoms with Gasteiger partial charge in [-0.1, -0.05) is 24.3 Å². The second-order valence-corrected chi connectivity index (χ2v) is 8.39. The summed E-state index contributed by atoms with van der Waals surface area (Å²) in [7, 11) is -3.53. The van der Waals surface area contributed by atoms with E-state index in [0.29, 0.717) is 17.5 Å². The summed E-state index contributed by atoms with van der Waals surface area (Å²) in [6.07, 6.45) is 1.88. The van der Waals surface area contributed by atoms with E-state index in [1.54, 1.807) is 18.2 Å². The van der Waals surface area contributed by atoms with Crippen molar-refractivity contribution in [1.82, 2.24) is 9.71 Å². The molecule has 1 unspecified atom stereocenters. The van der Waals surface area contributed by atoms with Gasteiger partial charge in [0.15, 0.2) is 5.58 Å². The Balaban J connectivity index is 1.50. The summed E-state index contributed by atoms with van der Waals surface area (Å²) in [6.45, 7) is 3.02. The quantitative estimate of drug-likeness (QED) is 0.746. The fourth-order valence-electron chi connectivity index (χ4n) is 3.35. The molecule has 0 spiro atoms. The second-order valence-electron chi connectivity index (χ2n) is 6.62. The van der Waals surface area contributed by atoms with Gasteiger partial charge in [0.05, 0.1) is 4.90 Å². The van der Waals surface area contributed by atoms with E-state index in [-0.39, 0.29) is 6.04 Å². The lowest BCUT2D eigenvalue weighted by molar-refractivity contribution is 0.534. The van der Waals surface area contributed by atoms with Crippen LogP contribution < -0.4 is 9.62 Å². The van der Waals surface area contributed by atoms with Crippen LogP contribution in [0.5, 0.6) is 0 Å². The third-order valence-corrected chi connectivity index (χ3v) is 6.14. The lowest BCUT2D eigenvalue weighted by Gasteiger charge is -2.23. The highest BCUT2D eigenvalue weighted by Crippen LogP contribution is 2.28. The Hall–Kier alpha value is -2.38. The van der Waals surface area contributed by atoms with Crippen molar-refractivity contribution >= 4 is 27.1 Å². The zero-order valence-corrected chi connectivity index (χ0v) is 15.4. The summed E-state index contributed by atoms with van der Waals surface area (Å²) in [5.74, 6) is 0. The van der Waals surface area contributed by atoms with Gasteiger partial charge >= 0.3 is 0 Å². The molecule has 136 valence electrons. The van der Waals surface area contributed by atoms with Crippen LogP contribution in [0.4, 0.5) is 6.01 Å². The Labute approximate surface area is 152 Å². The van der Waals surface area contributed by atoms with E-state index in [2.05, 4.69) is 14.6 Å². The number of aromatic nitrogens is 1. The lowest BCUT2D eigenvalue weighted by Crippen LogP contribution is -2.40. The predicted octanol–water partition coefficient (Wildman–Crippen LogP) is 3.08. The standard InChI is InChI=1S/C19H21N3O3S/c1-14-6-4-8-16(12-14)26(23,24)20-13-15-7-5-11-22(15)19-21-17-9-2-3-10-18(17)25-19/h2-4,6,8-10,12,15,20H,5,7,11,13H2,1H3. The third kappa shape index (κ3) is 3.32. The summed E-state index contributed by atoms with van der Waals surface area (Å²) in [4.78, 5) is 6.89. The van der Waals surface area contributed by atoms with Gasteiger partial charge in [-0.25, -0.2) is 13.1 Å². The van der Waals surface area contributed by atoms with Gasteiger partial charge in [0, 0.05) is 19.1 Å². The molecule has 2 aromatic carbocycles. The minimum Gasteiger partial charge on any atom is -0.423 e. The monoisotopic (exact) mass is 371 g/mol. The van der Waals surface area contributed by atoms with Gasteiger partial charge in [-0.15, -0.1) is 0 Å². The van der Waals surface area contributed by atoms with Crippen molar-refractivity contribution in [1.29, 1.82) is 0 Å². The number of fused-ring (bicyclic) bond motifs is 1. The SMILES string of the molecule is Cc1cccc(S(=O)(=O)NCC2CCCN2c2nc3ccccc3o2)c1. The van der Waals surface area contributed by atoms with Crippen molar-refractivity contribution in [3.63, 3.8) is 0 Å². The molecule has 0 saturated carbocycles. The number of oxazole rings is 1. The topological polar surface area (TPSA) is 75.4 Å². The van der Waals surface area contributed by atoms with Gasteiger partial charge in [-0.05, 0) is 49.6 Å². The number of aryl methyl sites for hydroxylation is 1. The van der Waals surface area contributed by atoms with E-state index in [1.807, 2.05) is 37.3 Å². The van der Waals surface area contributed by atoms with Crippen LogP contribution in [0, 0.1) is 6.92 Å². The smallest absolute Gasteiger partial charge is 0.298 e. The Kier molecular flexibility index (Phi) is 4.42. The fourth-order valence-corrected chi connectivity index (χ4v) is 4.53. The van der Waals surface area contributed by atoms with E-state index < -0.39 is 10.0 Å². The maximum atomic E-state index is 12.6. The Morgan fingerprint density at radius 2 is 2.08 bits per heavy atom. The molecule has 7 heteroatoms. The fraction of sp³-hybridized carbons (Fsp3) is 0.316. The van der Waals surface area contributed by atoms with Crippen LogP contribution in [0.15, 0.2) is 57.8 Å². The van der Waals surface area contributed by atoms with Crippen LogP contribution in [0.1, 0.15) is 18.4 Å². The molecular formula is C19H21N3O3S. The van der Waals surface area contributed by atoms with Crippen molar-refractivity contribution < 1.29 is 12.8 Å². The maximum Gasteiger partial charge on any atom is 0.298 e. The molecule has 0 amide bonds. The van der Waals surface area contributed by atoms with E-state index in [9.17, 15) is 8.42 Å². The molecular weight excluding hydrogens is 350 g/mol. The van der Waals surface area contributed by atoms with Gasteiger partial charge in [-0.3, -0.25) is 0 Å². The Morgan fingerprint density at radius 3 is 2.88 bits per heavy atom. The van der Waals surface area contributed by atoms with Crippen LogP contribution in [-0.2, 0) is 10.0 Å². The molecule has 0 bridgehead atoms. The minimum absolute atomic E-state index is 0.0302. The first-order valence-electron chi connectivity index (χ1n) is 8.71. The highest BCUT2D eigenvalue weighted by atomic mass is 32.2. The average Bonchev–Trinajstić information content (AvgIpc) is 3.26. The largest absolute Gasteiger partial charge is 0.423 e. The Bertz CT molecular complexity index is 996. The highest BCUT2D eigenvalue weighted by Gasteiger charge is 2.29. The molecule has 1 aliphatic heterocycles. The summed E-state index contributed by atoms with van der Waals surface area (Å²) in [6, 6.07) is 15.1. The first kappa shape index (κ1) is 17.1. The number of sulfonamides is 1. The molecule has 1 aliphatic rings. The Morgan fingerprint density at radius 1 is 1.23 bits per heavy atom. The average molecular weight is 371 g/mol. The van der Waals surface area contributed by atoms with Crippen LogP contribution in [0.2, 0.25) is 0 Å². The van der Waals surface area contributed by atoms with Gasteiger partial charge in [0.2, 0.25) is 10.0 Å². The van der Waals surface area contributed by atoms with E-state index in [4.69, 9.17) is 4.42 Å². The number of hydrogen-bond donors (Lipinski definition) is 1. The minimum atomic E-state index is -3.53. The molecule has 1 aromatic heterocycles. The predicted molar refractivity (Wildman–Crippen MR) is 101 cm³/mol. The van der Waals surface area contributed by atoms with Crippen molar-refractivity contribution in [3.8, 4) is 0 Å². The van der Waals surface area contributed by atoms with Gasteiger partial charge in [-0.2, -0.15) is 4.98 Å². The molecule has 3 aromatic rings. The molecule has 26 heavy (non-hydrogen) atoms. The van der Waals surface area contributed by atoms with E-state index in [1.165, 1.54) is 0 Å². The summed E-state index contributed by atoms with van der Waals surface area (Å²) >= 11 is 0. The molecule has 1 atom stereocenters. The second kappa shape index (κ2) is 6.74. The zero-order chi connectivity index (χ0) is 18.1. The van der Waals surface area contributed by atoms with Crippen molar-refractivity contribution in [3.05, 3.63) is 54.1 Å². The third-order valence-electron chi connectivity index (χ3n) is 4.71. The molecule has 0 aliphatic carbocycles. The maximum absolute atomic E-state index is 12.6. The molecule has 4 rings (SSSR count). The van der Waals surface area contributed by atoms with Crippen molar-refractivity contribution in [2.45, 2.75) is 30.7 Å². The van der Waals surface area contributed by atoms with Crippen molar-refractivity contribution in [2.75, 3.05) is 18.0 Å². The number of benzene rings is 2. The first-order chi connectivity index (χ1) is 12.5. The summed E-state index contributed by atoms with van der Waals surface area (Å²) in [5.41, 5.74) is 2.48. The number of nitrogens with one attached hydrogen (secondary N) is 1. The number of anilines is 1. The van der Waals surface area contributed by atoms with Crippen LogP contribution in [-0.4, -0.2) is 32.5 Å². The lowest BCUT2D eigenvalue weighted by atomic mass is 10.2. The molecule has 1 saturated heterocycles. The molecule has 6 nitrogen and oxygen atoms in total. The zero-order valence-electron chi connectivity index (χ0n) is 14.6. The summed E-state index contributed by atoms with van der Waals surface area (Å²) < 4.78 is 33.7. The van der Waals surface area contributed by atoms with Gasteiger partial charge in [0.25, 0.3) is 6.01 Å². The molecule has 2 heterocycles. The number of nitrogens with zero attached hydrogens (tertiary/aromatic N) is 2. The van der Waals surface area contributed by atoms with E-state index >= 15 is 0 Å². The van der Waals surface area contributed by atoms with Crippen molar-refractivity contribution in [2.24, 2.45) is 0 Å². The summed E-state index contributed by atoms with van der Waals surface area (Å²) in [5, 5.41) is 0. The van der Waals surface area contributed by atoms with Gasteiger partial charge < -0.3 is 9.32 Å². The molecule has 1 N–H and O–H groups in total. The number of rotatable bonds is 5. The van der Waals surface area contributed by atoms with Crippen LogP contribution >= 0.6 is 0 Å².